The zero-order valence-electron chi connectivity index (χ0n) is 19.7. The number of benzene rings is 1. The number of aldehydes is 1. The number of hydrogen-bond donors (Lipinski definition) is 2. The lowest BCUT2D eigenvalue weighted by Crippen LogP contribution is -2.40. The molecule has 8 nitrogen and oxygen atoms in total. The zero-order chi connectivity index (χ0) is 24.5. The first-order chi connectivity index (χ1) is 16.1. The number of carbonyl (C=O) groups excluding carboxylic acids is 2. The monoisotopic (exact) mass is 480 g/mol. The number of amides is 1. The molecule has 1 aromatic carbocycles. The number of anilines is 1. The van der Waals surface area contributed by atoms with E-state index in [4.69, 9.17) is 4.74 Å². The molecule has 1 aliphatic rings. The second-order valence-corrected chi connectivity index (χ2v) is 9.96. The van der Waals surface area contributed by atoms with Crippen LogP contribution < -0.4 is 15.0 Å². The Labute approximate surface area is 202 Å². The van der Waals surface area contributed by atoms with Gasteiger partial charge in [-0.1, -0.05) is 11.8 Å². The van der Waals surface area contributed by atoms with E-state index in [1.54, 1.807) is 32.2 Å². The number of imidazole rings is 1. The second kappa shape index (κ2) is 9.49. The molecule has 1 atom stereocenters. The van der Waals surface area contributed by atoms with E-state index in [0.29, 0.717) is 18.0 Å². The number of hydrogen-bond acceptors (Lipinski definition) is 7. The van der Waals surface area contributed by atoms with E-state index in [1.807, 2.05) is 29.5 Å². The van der Waals surface area contributed by atoms with Gasteiger partial charge in [-0.25, -0.2) is 4.98 Å². The summed E-state index contributed by atoms with van der Waals surface area (Å²) in [5.41, 5.74) is 1.87. The van der Waals surface area contributed by atoms with Gasteiger partial charge >= 0.3 is 0 Å². The molecule has 2 aromatic heterocycles. The van der Waals surface area contributed by atoms with E-state index in [-0.39, 0.29) is 12.3 Å². The van der Waals surface area contributed by atoms with Crippen molar-refractivity contribution in [1.82, 2.24) is 14.7 Å². The SMILES string of the molecule is CN(C)c1cc(C#CC(C)(C)O)ccc1OCC(C=O)NC(=O)c1cn2c(C3CC3)csc2n1. The predicted octanol–water partition coefficient (Wildman–Crippen LogP) is 2.84. The topological polar surface area (TPSA) is 96.2 Å². The first kappa shape index (κ1) is 23.8. The van der Waals surface area contributed by atoms with Gasteiger partial charge in [-0.05, 0) is 44.9 Å². The maximum atomic E-state index is 12.7. The number of aliphatic hydroxyl groups is 1. The van der Waals surface area contributed by atoms with Crippen molar-refractivity contribution < 1.29 is 19.4 Å². The largest absolute Gasteiger partial charge is 0.489 e. The van der Waals surface area contributed by atoms with Crippen molar-refractivity contribution >= 4 is 34.2 Å². The highest BCUT2D eigenvalue weighted by atomic mass is 32.1. The van der Waals surface area contributed by atoms with Gasteiger partial charge in [0.1, 0.15) is 36.0 Å². The Balaban J connectivity index is 1.43. The Morgan fingerprint density at radius 3 is 2.85 bits per heavy atom. The Morgan fingerprint density at radius 1 is 1.44 bits per heavy atom. The first-order valence-electron chi connectivity index (χ1n) is 11.1. The van der Waals surface area contributed by atoms with Crippen molar-refractivity contribution in [3.63, 3.8) is 0 Å². The molecule has 0 radical (unpaired) electrons. The highest BCUT2D eigenvalue weighted by Gasteiger charge is 2.28. The molecule has 2 N–H and O–H groups in total. The third-order valence-corrected chi connectivity index (χ3v) is 6.18. The van der Waals surface area contributed by atoms with E-state index in [9.17, 15) is 14.7 Å². The average molecular weight is 481 g/mol. The summed E-state index contributed by atoms with van der Waals surface area (Å²) in [5, 5.41) is 14.6. The Kier molecular flexibility index (Phi) is 6.64. The van der Waals surface area contributed by atoms with Crippen molar-refractivity contribution in [2.45, 2.75) is 44.2 Å². The van der Waals surface area contributed by atoms with Gasteiger partial charge < -0.3 is 24.9 Å². The van der Waals surface area contributed by atoms with Gasteiger partial charge in [0, 0.05) is 42.8 Å². The first-order valence-corrected chi connectivity index (χ1v) is 11.9. The number of nitrogens with one attached hydrogen (secondary N) is 1. The maximum absolute atomic E-state index is 12.7. The standard InChI is InChI=1S/C25H28N4O4S/c1-25(2,32)10-9-16-5-8-22(20(11-16)28(3)4)33-14-18(13-30)26-23(31)19-12-29-21(17-6-7-17)15-34-24(29)27-19/h5,8,11-13,15,17-18,32H,6-7,14H2,1-4H3,(H,26,31). The predicted molar refractivity (Wildman–Crippen MR) is 132 cm³/mol. The summed E-state index contributed by atoms with van der Waals surface area (Å²) in [4.78, 5) is 31.4. The van der Waals surface area contributed by atoms with E-state index in [0.717, 1.165) is 29.1 Å². The molecule has 0 saturated heterocycles. The minimum Gasteiger partial charge on any atom is -0.489 e. The van der Waals surface area contributed by atoms with E-state index >= 15 is 0 Å². The van der Waals surface area contributed by atoms with Crippen LogP contribution in [0.15, 0.2) is 29.8 Å². The normalized spacial score (nSPS) is 14.3. The summed E-state index contributed by atoms with van der Waals surface area (Å²) < 4.78 is 7.85. The third kappa shape index (κ3) is 5.58. The van der Waals surface area contributed by atoms with Crippen LogP contribution in [0.25, 0.3) is 4.96 Å². The molecule has 4 rings (SSSR count). The smallest absolute Gasteiger partial charge is 0.272 e. The van der Waals surface area contributed by atoms with Crippen molar-refractivity contribution in [2.75, 3.05) is 25.6 Å². The molecule has 1 fully saturated rings. The molecular weight excluding hydrogens is 452 g/mol. The minimum atomic E-state index is -1.09. The number of nitrogens with zero attached hydrogens (tertiary/aromatic N) is 3. The van der Waals surface area contributed by atoms with Crippen LogP contribution in [0.4, 0.5) is 5.69 Å². The summed E-state index contributed by atoms with van der Waals surface area (Å²) in [6.45, 7) is 3.22. The summed E-state index contributed by atoms with van der Waals surface area (Å²) in [6, 6.07) is 4.55. The Bertz CT molecular complexity index is 1270. The summed E-state index contributed by atoms with van der Waals surface area (Å²) in [6.07, 6.45) is 4.72. The van der Waals surface area contributed by atoms with Crippen molar-refractivity contribution in [3.05, 3.63) is 46.7 Å². The van der Waals surface area contributed by atoms with E-state index in [2.05, 4.69) is 27.5 Å². The van der Waals surface area contributed by atoms with Crippen molar-refractivity contribution in [1.29, 1.82) is 0 Å². The van der Waals surface area contributed by atoms with Crippen LogP contribution in [-0.4, -0.2) is 59.0 Å². The summed E-state index contributed by atoms with van der Waals surface area (Å²) >= 11 is 1.51. The Hall–Kier alpha value is -3.35. The van der Waals surface area contributed by atoms with Crippen LogP contribution in [0, 0.1) is 11.8 Å². The fourth-order valence-corrected chi connectivity index (χ4v) is 4.37. The number of carbonyl (C=O) groups is 2. The van der Waals surface area contributed by atoms with Gasteiger partial charge in [-0.2, -0.15) is 0 Å². The van der Waals surface area contributed by atoms with Crippen LogP contribution in [0.1, 0.15) is 54.4 Å². The molecule has 1 aliphatic carbocycles. The van der Waals surface area contributed by atoms with E-state index < -0.39 is 17.6 Å². The molecular formula is C25H28N4O4S. The second-order valence-electron chi connectivity index (χ2n) is 9.13. The molecule has 0 bridgehead atoms. The van der Waals surface area contributed by atoms with Gasteiger partial charge in [0.25, 0.3) is 5.91 Å². The number of rotatable bonds is 8. The maximum Gasteiger partial charge on any atom is 0.272 e. The van der Waals surface area contributed by atoms with Crippen LogP contribution in [0.2, 0.25) is 0 Å². The number of thiazole rings is 1. The third-order valence-electron chi connectivity index (χ3n) is 5.32. The molecule has 0 spiro atoms. The average Bonchev–Trinajstić information content (AvgIpc) is 3.41. The molecule has 9 heteroatoms. The molecule has 0 aliphatic heterocycles. The lowest BCUT2D eigenvalue weighted by Gasteiger charge is -2.20. The summed E-state index contributed by atoms with van der Waals surface area (Å²) in [7, 11) is 3.74. The van der Waals surface area contributed by atoms with Gasteiger partial charge in [-0.15, -0.1) is 11.3 Å². The molecule has 3 aromatic rings. The zero-order valence-corrected chi connectivity index (χ0v) is 20.5. The number of fused-ring (bicyclic) bond motifs is 1. The van der Waals surface area contributed by atoms with Crippen LogP contribution in [0.5, 0.6) is 5.75 Å². The fraction of sp³-hybridized carbons (Fsp3) is 0.400. The van der Waals surface area contributed by atoms with Crippen molar-refractivity contribution in [2.24, 2.45) is 0 Å². The molecule has 2 heterocycles. The van der Waals surface area contributed by atoms with E-state index in [1.165, 1.54) is 17.0 Å². The van der Waals surface area contributed by atoms with Crippen LogP contribution in [0.3, 0.4) is 0 Å². The van der Waals surface area contributed by atoms with Gasteiger partial charge in [0.05, 0.1) is 5.69 Å². The van der Waals surface area contributed by atoms with Crippen LogP contribution in [-0.2, 0) is 4.79 Å². The van der Waals surface area contributed by atoms with Gasteiger partial charge in [0.15, 0.2) is 4.96 Å². The molecule has 1 amide bonds. The highest BCUT2D eigenvalue weighted by molar-refractivity contribution is 7.15. The molecule has 34 heavy (non-hydrogen) atoms. The highest BCUT2D eigenvalue weighted by Crippen LogP contribution is 2.41. The minimum absolute atomic E-state index is 0.0275. The van der Waals surface area contributed by atoms with Crippen molar-refractivity contribution in [3.8, 4) is 17.6 Å². The van der Waals surface area contributed by atoms with Gasteiger partial charge in [0.2, 0.25) is 0 Å². The van der Waals surface area contributed by atoms with Crippen LogP contribution >= 0.6 is 11.3 Å². The lowest BCUT2D eigenvalue weighted by atomic mass is 10.1. The fourth-order valence-electron chi connectivity index (χ4n) is 3.41. The quantitative estimate of drug-likeness (QED) is 0.380. The molecule has 1 saturated carbocycles. The van der Waals surface area contributed by atoms with Gasteiger partial charge in [-0.3, -0.25) is 9.20 Å². The lowest BCUT2D eigenvalue weighted by molar-refractivity contribution is -0.110. The number of ether oxygens (including phenoxy) is 1. The summed E-state index contributed by atoms with van der Waals surface area (Å²) in [5.74, 6) is 6.42. The Morgan fingerprint density at radius 2 is 2.21 bits per heavy atom. The number of aromatic nitrogens is 2. The molecule has 1 unspecified atom stereocenters. The molecule has 178 valence electrons.